The third-order valence-corrected chi connectivity index (χ3v) is 9.03. The van der Waals surface area contributed by atoms with Crippen molar-refractivity contribution in [3.8, 4) is 34.0 Å². The molecule has 5 aromatic heterocycles. The molecule has 0 saturated carbocycles. The van der Waals surface area contributed by atoms with Gasteiger partial charge in [-0.2, -0.15) is 24.7 Å². The average Bonchev–Trinajstić information content (AvgIpc) is 4.07. The summed E-state index contributed by atoms with van der Waals surface area (Å²) in [6.45, 7) is 4.78. The molecule has 18 nitrogen and oxygen atoms in total. The molecule has 0 unspecified atom stereocenters. The van der Waals surface area contributed by atoms with Crippen molar-refractivity contribution < 1.29 is 32.7 Å². The number of rotatable bonds is 7. The topological polar surface area (TPSA) is 244 Å². The Morgan fingerprint density at radius 2 is 1.27 bits per heavy atom. The Morgan fingerprint density at radius 1 is 0.710 bits per heavy atom. The van der Waals surface area contributed by atoms with Gasteiger partial charge < -0.3 is 10.5 Å². The number of nitrogens with two attached hydrogens (primary N) is 1. The normalized spacial score (nSPS) is 10.9. The Bertz CT molecular complexity index is 3190. The van der Waals surface area contributed by atoms with Crippen molar-refractivity contribution in [1.82, 2.24) is 54.3 Å². The lowest BCUT2D eigenvalue weighted by molar-refractivity contribution is -0.141. The molecule has 0 atom stereocenters. The number of benzene rings is 4. The lowest BCUT2D eigenvalue weighted by atomic mass is 10.1. The summed E-state index contributed by atoms with van der Waals surface area (Å²) in [7, 11) is 0. The monoisotopic (exact) mass is 840 g/mol. The Labute approximate surface area is 348 Å². The number of carbonyl (C=O) groups excluding carboxylic acids is 4. The number of esters is 1. The number of nitrogens with zero attached hydrogens (tertiary/aromatic N) is 9. The Morgan fingerprint density at radius 3 is 1.84 bits per heavy atom. The molecule has 0 saturated heterocycles. The van der Waals surface area contributed by atoms with Gasteiger partial charge in [-0.25, -0.2) is 23.1 Å². The van der Waals surface area contributed by atoms with E-state index >= 15 is 0 Å². The zero-order valence-electron chi connectivity index (χ0n) is 33.0. The molecule has 62 heavy (non-hydrogen) atoms. The third kappa shape index (κ3) is 9.18. The van der Waals surface area contributed by atoms with Gasteiger partial charge in [0, 0.05) is 52.9 Å². The number of halogens is 2. The van der Waals surface area contributed by atoms with Crippen LogP contribution in [0.4, 0.5) is 14.7 Å². The van der Waals surface area contributed by atoms with E-state index in [4.69, 9.17) is 10.5 Å². The summed E-state index contributed by atoms with van der Waals surface area (Å²) < 4.78 is 34.2. The zero-order valence-corrected chi connectivity index (χ0v) is 33.0. The molecule has 9 rings (SSSR count). The number of nitrogens with one attached hydrogen (secondary N) is 2. The number of hydrogen-bond donors (Lipinski definition) is 3. The zero-order chi connectivity index (χ0) is 44.1. The second kappa shape index (κ2) is 17.7. The number of aromatic nitrogens is 11. The Hall–Kier alpha value is -8.55. The summed E-state index contributed by atoms with van der Waals surface area (Å²) in [6.07, 6.45) is 2.81. The lowest BCUT2D eigenvalue weighted by Gasteiger charge is -2.02. The van der Waals surface area contributed by atoms with E-state index in [1.54, 1.807) is 67.7 Å². The molecule has 312 valence electrons. The first-order valence-electron chi connectivity index (χ1n) is 18.6. The molecule has 0 spiro atoms. The highest BCUT2D eigenvalue weighted by Gasteiger charge is 2.16. The summed E-state index contributed by atoms with van der Waals surface area (Å²) in [5.41, 5.74) is 9.23. The fourth-order valence-corrected chi connectivity index (χ4v) is 6.12. The van der Waals surface area contributed by atoms with Crippen molar-refractivity contribution in [3.63, 3.8) is 0 Å². The van der Waals surface area contributed by atoms with Crippen LogP contribution in [0.2, 0.25) is 0 Å². The van der Waals surface area contributed by atoms with E-state index in [-0.39, 0.29) is 59.5 Å². The minimum Gasteiger partial charge on any atom is -0.466 e. The molecule has 0 bridgehead atoms. The number of aromatic amines is 2. The van der Waals surface area contributed by atoms with Crippen LogP contribution in [0.25, 0.3) is 61.6 Å². The number of anilines is 1. The number of ether oxygens (including phenoxy) is 1. The number of Topliss-reactive ketones (excluding diaryl/α,β-unsaturated/α-hetero) is 1. The quantitative estimate of drug-likeness (QED) is 0.0959. The predicted octanol–water partition coefficient (Wildman–Crippen LogP) is 5.93. The van der Waals surface area contributed by atoms with E-state index < -0.39 is 5.97 Å². The van der Waals surface area contributed by atoms with Crippen LogP contribution < -0.4 is 11.3 Å². The highest BCUT2D eigenvalue weighted by molar-refractivity contribution is 6.07. The molecule has 4 N–H and O–H groups in total. The fourth-order valence-electron chi connectivity index (χ4n) is 6.12. The minimum absolute atomic E-state index is 0.180. The van der Waals surface area contributed by atoms with Crippen LogP contribution >= 0.6 is 0 Å². The maximum absolute atomic E-state index is 13.1. The molecular formula is C42H34F2N12O6. The van der Waals surface area contributed by atoms with Gasteiger partial charge in [0.15, 0.2) is 17.4 Å². The largest absolute Gasteiger partial charge is 0.466 e. The van der Waals surface area contributed by atoms with E-state index in [0.717, 1.165) is 10.9 Å². The Kier molecular flexibility index (Phi) is 11.9. The minimum atomic E-state index is -0.544. The van der Waals surface area contributed by atoms with Crippen LogP contribution in [0.5, 0.6) is 0 Å². The summed E-state index contributed by atoms with van der Waals surface area (Å²) in [4.78, 5) is 71.4. The van der Waals surface area contributed by atoms with E-state index in [1.807, 2.05) is 6.07 Å². The molecule has 9 aromatic rings. The van der Waals surface area contributed by atoms with Crippen LogP contribution in [0, 0.1) is 11.6 Å². The lowest BCUT2D eigenvalue weighted by Crippen LogP contribution is -2.14. The van der Waals surface area contributed by atoms with Crippen molar-refractivity contribution in [1.29, 1.82) is 0 Å². The van der Waals surface area contributed by atoms with Gasteiger partial charge >= 0.3 is 5.97 Å². The van der Waals surface area contributed by atoms with Gasteiger partial charge in [0.05, 0.1) is 35.7 Å². The van der Waals surface area contributed by atoms with E-state index in [0.29, 0.717) is 50.5 Å². The molecule has 0 aliphatic heterocycles. The summed E-state index contributed by atoms with van der Waals surface area (Å²) in [5, 5.41) is 18.6. The molecule has 0 aliphatic carbocycles. The van der Waals surface area contributed by atoms with Crippen LogP contribution in [0.3, 0.4) is 0 Å². The number of hydrogen-bond acceptors (Lipinski definition) is 13. The number of fused-ring (bicyclic) bond motifs is 3. The second-order valence-electron chi connectivity index (χ2n) is 13.3. The van der Waals surface area contributed by atoms with Gasteiger partial charge in [0.2, 0.25) is 17.8 Å². The SMILES string of the molecule is CC(=O)n1ncc2cc(-c3cc(=O)n4[nH]c(-c5ccc(F)cc5)nc4n3)ccc21.CCOC(=O)CC(=O)c1ccc2c(cnn2C(C)=O)c1.Nc1n[nH]c(-c2ccc(F)cc2)n1. The molecule has 0 aliphatic rings. The maximum atomic E-state index is 13.1. The van der Waals surface area contributed by atoms with E-state index in [9.17, 15) is 32.8 Å². The molecule has 20 heteroatoms. The molecule has 5 heterocycles. The number of carbonyl (C=O) groups is 4. The summed E-state index contributed by atoms with van der Waals surface area (Å²) >= 11 is 0. The first-order chi connectivity index (χ1) is 29.8. The molecule has 0 radical (unpaired) electrons. The van der Waals surface area contributed by atoms with Crippen LogP contribution in [0.1, 0.15) is 47.1 Å². The van der Waals surface area contributed by atoms with Gasteiger partial charge in [-0.1, -0.05) is 6.07 Å². The van der Waals surface area contributed by atoms with E-state index in [2.05, 4.69) is 40.4 Å². The van der Waals surface area contributed by atoms with Crippen molar-refractivity contribution in [2.24, 2.45) is 0 Å². The first kappa shape index (κ1) is 41.6. The highest BCUT2D eigenvalue weighted by Crippen LogP contribution is 2.24. The van der Waals surface area contributed by atoms with Crippen LogP contribution in [-0.2, 0) is 9.53 Å². The highest BCUT2D eigenvalue weighted by atomic mass is 19.1. The van der Waals surface area contributed by atoms with E-state index in [1.165, 1.54) is 64.3 Å². The van der Waals surface area contributed by atoms with Gasteiger partial charge in [-0.05, 0) is 85.8 Å². The smallest absolute Gasteiger partial charge is 0.313 e. The molecule has 0 fully saturated rings. The Balaban J connectivity index is 0.000000152. The number of ketones is 1. The summed E-state index contributed by atoms with van der Waals surface area (Å²) in [5.74, 6) is -0.561. The third-order valence-electron chi connectivity index (χ3n) is 9.03. The molecule has 0 amide bonds. The fraction of sp³-hybridized carbons (Fsp3) is 0.119. The second-order valence-corrected chi connectivity index (χ2v) is 13.3. The number of H-pyrrole nitrogens is 2. The standard InChI is InChI=1S/C20H13FN6O2.C14H14N2O4.C8H7FN4/c1-11(28)26-17-7-4-13(8-14(17)10-22-26)16-9-18(29)27-20(23-16)24-19(25-27)12-2-5-15(21)6-3-12;1-3-20-14(19)7-13(18)10-4-5-12-11(6-10)8-15-16(12)9(2)17;9-6-3-1-5(2-4-6)7-11-8(10)13-12-7/h2-10H,1H3,(H,23,24,25);4-6,8H,3,7H2,1-2H3;1-4H,(H3,10,11,12,13). The average molecular weight is 841 g/mol. The molecule has 4 aromatic carbocycles. The van der Waals surface area contributed by atoms with Gasteiger partial charge in [-0.3, -0.25) is 34.2 Å². The van der Waals surface area contributed by atoms with Crippen molar-refractivity contribution in [3.05, 3.63) is 131 Å². The number of nitrogen functional groups attached to an aromatic ring is 1. The van der Waals surface area contributed by atoms with Crippen molar-refractivity contribution >= 4 is 57.1 Å². The van der Waals surface area contributed by atoms with Crippen LogP contribution in [-0.4, -0.2) is 84.5 Å². The van der Waals surface area contributed by atoms with Crippen molar-refractivity contribution in [2.75, 3.05) is 12.3 Å². The van der Waals surface area contributed by atoms with Gasteiger partial charge in [0.25, 0.3) is 11.3 Å². The van der Waals surface area contributed by atoms with Crippen molar-refractivity contribution in [2.45, 2.75) is 27.2 Å². The first-order valence-corrected chi connectivity index (χ1v) is 18.6. The maximum Gasteiger partial charge on any atom is 0.313 e. The van der Waals surface area contributed by atoms with Gasteiger partial charge in [-0.15, -0.1) is 5.10 Å². The molecular weight excluding hydrogens is 807 g/mol. The van der Waals surface area contributed by atoms with Gasteiger partial charge in [0.1, 0.15) is 18.1 Å². The predicted molar refractivity (Wildman–Crippen MR) is 222 cm³/mol. The van der Waals surface area contributed by atoms with Crippen LogP contribution in [0.15, 0.2) is 108 Å². The summed E-state index contributed by atoms with van der Waals surface area (Å²) in [6, 6.07) is 23.3.